The average Bonchev–Trinajstić information content (AvgIpc) is 3.15. The van der Waals surface area contributed by atoms with Gasteiger partial charge in [0.15, 0.2) is 0 Å². The number of nitrogens with two attached hydrogens (primary N) is 1. The largest absolute Gasteiger partial charge is 0.356 e. The van der Waals surface area contributed by atoms with Crippen LogP contribution in [0.3, 0.4) is 0 Å². The Morgan fingerprint density at radius 2 is 1.76 bits per heavy atom. The van der Waals surface area contributed by atoms with E-state index in [4.69, 9.17) is 15.7 Å². The van der Waals surface area contributed by atoms with Crippen molar-refractivity contribution in [1.82, 2.24) is 25.1 Å². The standard InChI is InChI=1S/C27H37N7/c1-33(18-21-17-29-32-25(21)20-11-5-4-6-12-20)19-23(28)26-30-24-14-8-7-13-22(24)27(31-26)34-15-9-2-3-10-16-34/h4-6,11-12,17,23H,2-3,7-10,13-16,18-19,28H2,1H3,(H,29,32). The molecule has 7 nitrogen and oxygen atoms in total. The lowest BCUT2D eigenvalue weighted by atomic mass is 9.95. The van der Waals surface area contributed by atoms with E-state index in [2.05, 4.69) is 51.3 Å². The second kappa shape index (κ2) is 10.7. The minimum atomic E-state index is -0.227. The van der Waals surface area contributed by atoms with Gasteiger partial charge in [0.25, 0.3) is 0 Å². The Bertz CT molecular complexity index is 1070. The third kappa shape index (κ3) is 5.15. The molecule has 2 aliphatic rings. The zero-order valence-electron chi connectivity index (χ0n) is 20.3. The van der Waals surface area contributed by atoms with E-state index >= 15 is 0 Å². The number of likely N-dealkylation sites (N-methyl/N-ethyl adjacent to an activating group) is 1. The molecule has 1 fully saturated rings. The third-order valence-corrected chi connectivity index (χ3v) is 7.14. The highest BCUT2D eigenvalue weighted by molar-refractivity contribution is 5.62. The third-order valence-electron chi connectivity index (χ3n) is 7.14. The molecule has 1 aliphatic heterocycles. The molecule has 3 heterocycles. The summed E-state index contributed by atoms with van der Waals surface area (Å²) in [6.07, 6.45) is 11.6. The van der Waals surface area contributed by atoms with Crippen LogP contribution in [0.5, 0.6) is 0 Å². The molecule has 0 bridgehead atoms. The van der Waals surface area contributed by atoms with Gasteiger partial charge >= 0.3 is 0 Å². The lowest BCUT2D eigenvalue weighted by molar-refractivity contribution is 0.301. The van der Waals surface area contributed by atoms with E-state index in [1.54, 1.807) is 0 Å². The van der Waals surface area contributed by atoms with Gasteiger partial charge in [0.05, 0.1) is 17.9 Å². The topological polar surface area (TPSA) is 87.0 Å². The molecule has 2 aromatic heterocycles. The van der Waals surface area contributed by atoms with E-state index in [0.717, 1.165) is 55.1 Å². The summed E-state index contributed by atoms with van der Waals surface area (Å²) in [6.45, 7) is 3.65. The van der Waals surface area contributed by atoms with E-state index in [1.165, 1.54) is 55.6 Å². The molecule has 1 saturated heterocycles. The second-order valence-corrected chi connectivity index (χ2v) is 9.88. The number of H-pyrrole nitrogens is 1. The maximum atomic E-state index is 6.73. The molecular weight excluding hydrogens is 422 g/mol. The molecule has 3 aromatic rings. The highest BCUT2D eigenvalue weighted by Gasteiger charge is 2.25. The van der Waals surface area contributed by atoms with Gasteiger partial charge in [-0.1, -0.05) is 43.2 Å². The average molecular weight is 460 g/mol. The molecule has 0 saturated carbocycles. The highest BCUT2D eigenvalue weighted by Crippen LogP contribution is 2.31. The Morgan fingerprint density at radius 1 is 1.00 bits per heavy atom. The van der Waals surface area contributed by atoms with Gasteiger partial charge in [0.1, 0.15) is 11.6 Å². The zero-order valence-corrected chi connectivity index (χ0v) is 20.3. The molecule has 0 radical (unpaired) electrons. The first-order chi connectivity index (χ1) is 16.7. The first-order valence-corrected chi connectivity index (χ1v) is 12.9. The number of benzene rings is 1. The highest BCUT2D eigenvalue weighted by atomic mass is 15.2. The fourth-order valence-electron chi connectivity index (χ4n) is 5.36. The van der Waals surface area contributed by atoms with E-state index < -0.39 is 0 Å². The van der Waals surface area contributed by atoms with Crippen molar-refractivity contribution in [1.29, 1.82) is 0 Å². The number of fused-ring (bicyclic) bond motifs is 1. The van der Waals surface area contributed by atoms with Crippen molar-refractivity contribution in [3.05, 3.63) is 59.2 Å². The molecule has 0 amide bonds. The Balaban J connectivity index is 1.33. The van der Waals surface area contributed by atoms with Crippen LogP contribution in [0.1, 0.15) is 67.2 Å². The van der Waals surface area contributed by atoms with Crippen molar-refractivity contribution in [2.75, 3.05) is 31.6 Å². The van der Waals surface area contributed by atoms with E-state index in [9.17, 15) is 0 Å². The van der Waals surface area contributed by atoms with Gasteiger partial charge < -0.3 is 10.6 Å². The van der Waals surface area contributed by atoms with Crippen LogP contribution in [0, 0.1) is 0 Å². The number of nitrogens with zero attached hydrogens (tertiary/aromatic N) is 5. The van der Waals surface area contributed by atoms with Crippen LogP contribution in [0.2, 0.25) is 0 Å². The number of hydrogen-bond donors (Lipinski definition) is 2. The van der Waals surface area contributed by atoms with Crippen LogP contribution in [0.4, 0.5) is 5.82 Å². The van der Waals surface area contributed by atoms with Crippen LogP contribution < -0.4 is 10.6 Å². The van der Waals surface area contributed by atoms with Crippen molar-refractivity contribution in [3.63, 3.8) is 0 Å². The van der Waals surface area contributed by atoms with Gasteiger partial charge in [0, 0.05) is 43.0 Å². The fraction of sp³-hybridized carbons (Fsp3) is 0.519. The number of aryl methyl sites for hydroxylation is 1. The van der Waals surface area contributed by atoms with E-state index in [-0.39, 0.29) is 6.04 Å². The lowest BCUT2D eigenvalue weighted by Crippen LogP contribution is -2.33. The Hall–Kier alpha value is -2.77. The molecule has 34 heavy (non-hydrogen) atoms. The predicted molar refractivity (Wildman–Crippen MR) is 137 cm³/mol. The van der Waals surface area contributed by atoms with Crippen molar-refractivity contribution < 1.29 is 0 Å². The van der Waals surface area contributed by atoms with Gasteiger partial charge in [-0.2, -0.15) is 5.10 Å². The van der Waals surface area contributed by atoms with Crippen molar-refractivity contribution in [2.45, 2.75) is 64.0 Å². The summed E-state index contributed by atoms with van der Waals surface area (Å²) in [5.74, 6) is 1.96. The fourth-order valence-corrected chi connectivity index (χ4v) is 5.36. The molecule has 180 valence electrons. The molecule has 0 spiro atoms. The van der Waals surface area contributed by atoms with Crippen molar-refractivity contribution in [2.24, 2.45) is 5.73 Å². The van der Waals surface area contributed by atoms with Gasteiger partial charge in [-0.05, 0) is 51.1 Å². The molecule has 5 rings (SSSR count). The van der Waals surface area contributed by atoms with E-state index in [1.807, 2.05) is 12.3 Å². The molecule has 1 atom stereocenters. The van der Waals surface area contributed by atoms with Gasteiger partial charge in [-0.3, -0.25) is 10.00 Å². The second-order valence-electron chi connectivity index (χ2n) is 9.88. The summed E-state index contributed by atoms with van der Waals surface area (Å²) >= 11 is 0. The van der Waals surface area contributed by atoms with Crippen LogP contribution in [-0.2, 0) is 19.4 Å². The van der Waals surface area contributed by atoms with Gasteiger partial charge in [-0.15, -0.1) is 0 Å². The Morgan fingerprint density at radius 3 is 2.56 bits per heavy atom. The summed E-state index contributed by atoms with van der Waals surface area (Å²) in [5.41, 5.74) is 12.7. The minimum Gasteiger partial charge on any atom is -0.356 e. The summed E-state index contributed by atoms with van der Waals surface area (Å²) in [5, 5.41) is 7.45. The van der Waals surface area contributed by atoms with Crippen LogP contribution >= 0.6 is 0 Å². The van der Waals surface area contributed by atoms with Gasteiger partial charge in [0.2, 0.25) is 0 Å². The summed E-state index contributed by atoms with van der Waals surface area (Å²) < 4.78 is 0. The minimum absolute atomic E-state index is 0.227. The quantitative estimate of drug-likeness (QED) is 0.549. The number of anilines is 1. The van der Waals surface area contributed by atoms with Crippen molar-refractivity contribution in [3.8, 4) is 11.3 Å². The molecule has 7 heteroatoms. The van der Waals surface area contributed by atoms with Crippen LogP contribution in [0.15, 0.2) is 36.5 Å². The molecule has 1 unspecified atom stereocenters. The zero-order chi connectivity index (χ0) is 23.3. The maximum absolute atomic E-state index is 6.73. The first-order valence-electron chi connectivity index (χ1n) is 12.9. The summed E-state index contributed by atoms with van der Waals surface area (Å²) in [6, 6.07) is 10.1. The lowest BCUT2D eigenvalue weighted by Gasteiger charge is -2.29. The Labute approximate surface area is 202 Å². The van der Waals surface area contributed by atoms with Crippen LogP contribution in [0.25, 0.3) is 11.3 Å². The SMILES string of the molecule is CN(Cc1cn[nH]c1-c1ccccc1)CC(N)c1nc2c(c(N3CCCCCC3)n1)CCCC2. The Kier molecular flexibility index (Phi) is 7.21. The smallest absolute Gasteiger partial charge is 0.149 e. The predicted octanol–water partition coefficient (Wildman–Crippen LogP) is 4.26. The van der Waals surface area contributed by atoms with Crippen molar-refractivity contribution >= 4 is 5.82 Å². The normalized spacial score (nSPS) is 17.4. The molecular formula is C27H37N7. The molecule has 1 aromatic carbocycles. The first kappa shape index (κ1) is 23.0. The van der Waals surface area contributed by atoms with E-state index in [0.29, 0.717) is 6.54 Å². The van der Waals surface area contributed by atoms with Crippen LogP contribution in [-0.4, -0.2) is 51.7 Å². The van der Waals surface area contributed by atoms with Gasteiger partial charge in [-0.25, -0.2) is 9.97 Å². The number of aromatic amines is 1. The molecule has 3 N–H and O–H groups in total. The summed E-state index contributed by atoms with van der Waals surface area (Å²) in [4.78, 5) is 14.9. The monoisotopic (exact) mass is 459 g/mol. The number of rotatable bonds is 7. The maximum Gasteiger partial charge on any atom is 0.149 e. The number of hydrogen-bond acceptors (Lipinski definition) is 6. The number of aromatic nitrogens is 4. The summed E-state index contributed by atoms with van der Waals surface area (Å²) in [7, 11) is 2.11. The number of nitrogens with one attached hydrogen (secondary N) is 1. The molecule has 1 aliphatic carbocycles.